The summed E-state index contributed by atoms with van der Waals surface area (Å²) in [4.78, 5) is 11.7. The topological polar surface area (TPSA) is 46.5 Å². The van der Waals surface area contributed by atoms with Gasteiger partial charge in [0.25, 0.3) is 0 Å². The van der Waals surface area contributed by atoms with Gasteiger partial charge in [-0.3, -0.25) is 0 Å². The van der Waals surface area contributed by atoms with Crippen LogP contribution in [-0.2, 0) is 9.53 Å². The average molecular weight is 248 g/mol. The van der Waals surface area contributed by atoms with E-state index in [1.165, 1.54) is 11.1 Å². The second kappa shape index (κ2) is 3.70. The van der Waals surface area contributed by atoms with Crippen LogP contribution in [0.3, 0.4) is 0 Å². The molecule has 2 fully saturated rings. The van der Waals surface area contributed by atoms with Gasteiger partial charge in [0.1, 0.15) is 6.10 Å². The maximum Gasteiger partial charge on any atom is 0.334 e. The molecule has 4 atom stereocenters. The Morgan fingerprint density at radius 1 is 1.44 bits per heavy atom. The SMILES string of the molecule is C=C1C(=O)O[C@H]2C1CCC(C)=C1CC[C@@](C)(O)[C@@H]12. The molecule has 1 N–H and O–H groups in total. The molecular formula is C15H20O3. The van der Waals surface area contributed by atoms with Gasteiger partial charge in [0.2, 0.25) is 0 Å². The standard InChI is InChI=1S/C15H20O3/c1-8-4-5-11-9(2)14(16)18-13(11)12-10(8)6-7-15(12,3)17/h11-13,17H,2,4-7H2,1,3H3/t11?,12-,13-,15+/m0/s1. The maximum absolute atomic E-state index is 11.7. The summed E-state index contributed by atoms with van der Waals surface area (Å²) < 4.78 is 5.52. The third-order valence-corrected chi connectivity index (χ3v) is 5.00. The molecule has 1 heterocycles. The van der Waals surface area contributed by atoms with Gasteiger partial charge in [-0.25, -0.2) is 4.79 Å². The van der Waals surface area contributed by atoms with Gasteiger partial charge in [-0.15, -0.1) is 0 Å². The molecule has 1 saturated carbocycles. The van der Waals surface area contributed by atoms with Crippen molar-refractivity contribution in [1.82, 2.24) is 0 Å². The van der Waals surface area contributed by atoms with Crippen molar-refractivity contribution >= 4 is 5.97 Å². The fourth-order valence-corrected chi connectivity index (χ4v) is 3.91. The number of ether oxygens (including phenoxy) is 1. The number of esters is 1. The third kappa shape index (κ3) is 1.50. The van der Waals surface area contributed by atoms with Crippen LogP contribution in [0, 0.1) is 11.8 Å². The molecule has 0 amide bonds. The number of carbonyl (C=O) groups is 1. The van der Waals surface area contributed by atoms with E-state index in [2.05, 4.69) is 13.5 Å². The van der Waals surface area contributed by atoms with Crippen LogP contribution in [0.2, 0.25) is 0 Å². The zero-order chi connectivity index (χ0) is 13.1. The second-order valence-electron chi connectivity index (χ2n) is 6.18. The van der Waals surface area contributed by atoms with Crippen molar-refractivity contribution in [3.05, 3.63) is 23.3 Å². The molecule has 3 rings (SSSR count). The minimum atomic E-state index is -0.755. The first-order valence-electron chi connectivity index (χ1n) is 6.72. The molecule has 3 nitrogen and oxygen atoms in total. The zero-order valence-electron chi connectivity index (χ0n) is 11.0. The molecule has 1 saturated heterocycles. The van der Waals surface area contributed by atoms with E-state index >= 15 is 0 Å². The number of aliphatic hydroxyl groups is 1. The van der Waals surface area contributed by atoms with Crippen molar-refractivity contribution in [1.29, 1.82) is 0 Å². The first kappa shape index (κ1) is 12.0. The van der Waals surface area contributed by atoms with E-state index in [1.54, 1.807) is 0 Å². The first-order valence-corrected chi connectivity index (χ1v) is 6.72. The molecule has 18 heavy (non-hydrogen) atoms. The van der Waals surface area contributed by atoms with Crippen LogP contribution >= 0.6 is 0 Å². The Kier molecular flexibility index (Phi) is 2.46. The monoisotopic (exact) mass is 248 g/mol. The van der Waals surface area contributed by atoms with Gasteiger partial charge >= 0.3 is 5.97 Å². The van der Waals surface area contributed by atoms with E-state index in [0.29, 0.717) is 5.57 Å². The Morgan fingerprint density at radius 3 is 2.89 bits per heavy atom. The van der Waals surface area contributed by atoms with Gasteiger partial charge in [0.05, 0.1) is 5.60 Å². The predicted molar refractivity (Wildman–Crippen MR) is 67.8 cm³/mol. The first-order chi connectivity index (χ1) is 8.42. The van der Waals surface area contributed by atoms with Gasteiger partial charge in [0.15, 0.2) is 0 Å². The summed E-state index contributed by atoms with van der Waals surface area (Å²) in [5.74, 6) is -0.223. The molecule has 0 aromatic heterocycles. The number of allylic oxidation sites excluding steroid dienone is 1. The maximum atomic E-state index is 11.7. The van der Waals surface area contributed by atoms with E-state index in [4.69, 9.17) is 4.74 Å². The minimum absolute atomic E-state index is 0.0341. The molecule has 0 aromatic rings. The highest BCUT2D eigenvalue weighted by atomic mass is 16.6. The van der Waals surface area contributed by atoms with Gasteiger partial charge in [-0.1, -0.05) is 17.7 Å². The fraction of sp³-hybridized carbons (Fsp3) is 0.667. The molecule has 0 bridgehead atoms. The van der Waals surface area contributed by atoms with E-state index in [-0.39, 0.29) is 23.9 Å². The third-order valence-electron chi connectivity index (χ3n) is 5.00. The van der Waals surface area contributed by atoms with Crippen LogP contribution in [0.1, 0.15) is 39.5 Å². The molecule has 2 aliphatic carbocycles. The van der Waals surface area contributed by atoms with Crippen LogP contribution in [0.5, 0.6) is 0 Å². The van der Waals surface area contributed by atoms with Crippen molar-refractivity contribution in [2.75, 3.05) is 0 Å². The Balaban J connectivity index is 2.06. The van der Waals surface area contributed by atoms with Crippen molar-refractivity contribution in [2.24, 2.45) is 11.8 Å². The summed E-state index contributed by atoms with van der Waals surface area (Å²) in [5, 5.41) is 10.6. The minimum Gasteiger partial charge on any atom is -0.458 e. The van der Waals surface area contributed by atoms with Gasteiger partial charge in [-0.2, -0.15) is 0 Å². The molecule has 3 heteroatoms. The summed E-state index contributed by atoms with van der Waals surface area (Å²) in [6.45, 7) is 7.89. The summed E-state index contributed by atoms with van der Waals surface area (Å²) in [7, 11) is 0. The lowest BCUT2D eigenvalue weighted by Crippen LogP contribution is -2.40. The highest BCUT2D eigenvalue weighted by molar-refractivity contribution is 5.91. The number of rotatable bonds is 0. The Labute approximate surface area is 108 Å². The quantitative estimate of drug-likeness (QED) is 0.406. The van der Waals surface area contributed by atoms with Crippen molar-refractivity contribution in [2.45, 2.75) is 51.2 Å². The van der Waals surface area contributed by atoms with E-state index in [0.717, 1.165) is 25.7 Å². The normalized spacial score (nSPS) is 43.6. The molecule has 3 aliphatic rings. The van der Waals surface area contributed by atoms with Crippen LogP contribution in [-0.4, -0.2) is 22.8 Å². The lowest BCUT2D eigenvalue weighted by Gasteiger charge is -2.32. The number of fused-ring (bicyclic) bond motifs is 3. The molecule has 0 radical (unpaired) electrons. The highest BCUT2D eigenvalue weighted by Gasteiger charge is 2.54. The van der Waals surface area contributed by atoms with Crippen LogP contribution in [0.4, 0.5) is 0 Å². The van der Waals surface area contributed by atoms with Crippen LogP contribution in [0.15, 0.2) is 23.3 Å². The van der Waals surface area contributed by atoms with Crippen molar-refractivity contribution in [3.63, 3.8) is 0 Å². The lowest BCUT2D eigenvalue weighted by atomic mass is 9.79. The van der Waals surface area contributed by atoms with E-state index < -0.39 is 5.60 Å². The number of carbonyl (C=O) groups excluding carboxylic acids is 1. The van der Waals surface area contributed by atoms with E-state index in [1.807, 2.05) is 6.92 Å². The number of hydrogen-bond acceptors (Lipinski definition) is 3. The summed E-state index contributed by atoms with van der Waals surface area (Å²) >= 11 is 0. The molecule has 98 valence electrons. The molecule has 0 spiro atoms. The Morgan fingerprint density at radius 2 is 2.17 bits per heavy atom. The van der Waals surface area contributed by atoms with Gasteiger partial charge in [0, 0.05) is 17.4 Å². The van der Waals surface area contributed by atoms with Gasteiger partial charge < -0.3 is 9.84 Å². The molecule has 1 aliphatic heterocycles. The molecule has 0 aromatic carbocycles. The Bertz CT molecular complexity index is 458. The van der Waals surface area contributed by atoms with Crippen LogP contribution in [0.25, 0.3) is 0 Å². The smallest absolute Gasteiger partial charge is 0.334 e. The summed E-state index contributed by atoms with van der Waals surface area (Å²) in [6.07, 6.45) is 3.39. The van der Waals surface area contributed by atoms with E-state index in [9.17, 15) is 9.90 Å². The Hall–Kier alpha value is -1.09. The van der Waals surface area contributed by atoms with Gasteiger partial charge in [-0.05, 0) is 39.5 Å². The average Bonchev–Trinajstić information content (AvgIpc) is 2.69. The van der Waals surface area contributed by atoms with Crippen molar-refractivity contribution < 1.29 is 14.6 Å². The largest absolute Gasteiger partial charge is 0.458 e. The number of hydrogen-bond donors (Lipinski definition) is 1. The second-order valence-corrected chi connectivity index (χ2v) is 6.18. The lowest BCUT2D eigenvalue weighted by molar-refractivity contribution is -0.144. The van der Waals surface area contributed by atoms with Crippen molar-refractivity contribution in [3.8, 4) is 0 Å². The summed E-state index contributed by atoms with van der Waals surface area (Å²) in [5.41, 5.74) is 2.53. The summed E-state index contributed by atoms with van der Waals surface area (Å²) in [6, 6.07) is 0. The highest BCUT2D eigenvalue weighted by Crippen LogP contribution is 2.52. The zero-order valence-corrected chi connectivity index (χ0v) is 11.0. The molecule has 1 unspecified atom stereocenters. The van der Waals surface area contributed by atoms with Crippen LogP contribution < -0.4 is 0 Å². The predicted octanol–water partition coefficient (Wildman–Crippen LogP) is 2.36. The molecular weight excluding hydrogens is 228 g/mol. The fourth-order valence-electron chi connectivity index (χ4n) is 3.91.